The Kier molecular flexibility index (Phi) is 6.26. The number of nitrogens with one attached hydrogen (secondary N) is 1. The summed E-state index contributed by atoms with van der Waals surface area (Å²) in [5, 5.41) is 8.05. The van der Waals surface area contributed by atoms with E-state index in [4.69, 9.17) is 0 Å². The van der Waals surface area contributed by atoms with Crippen LogP contribution in [-0.2, 0) is 6.54 Å². The first-order valence-corrected chi connectivity index (χ1v) is 8.13. The topological polar surface area (TPSA) is 45.5 Å². The SMILES string of the molecule is CN=C(NCc1ccn(-c2ccccc2)n1)N1CCC(C)(C)C1.I. The van der Waals surface area contributed by atoms with E-state index in [1.165, 1.54) is 6.42 Å². The van der Waals surface area contributed by atoms with Crippen LogP contribution in [0.25, 0.3) is 5.69 Å². The fourth-order valence-electron chi connectivity index (χ4n) is 2.98. The summed E-state index contributed by atoms with van der Waals surface area (Å²) < 4.78 is 1.90. The lowest BCUT2D eigenvalue weighted by Gasteiger charge is -2.23. The van der Waals surface area contributed by atoms with Crippen LogP contribution in [0.4, 0.5) is 0 Å². The van der Waals surface area contributed by atoms with Crippen molar-refractivity contribution in [3.05, 3.63) is 48.3 Å². The molecule has 0 aliphatic carbocycles. The summed E-state index contributed by atoms with van der Waals surface area (Å²) in [7, 11) is 1.84. The monoisotopic (exact) mass is 439 g/mol. The van der Waals surface area contributed by atoms with E-state index < -0.39 is 0 Å². The molecule has 0 atom stereocenters. The van der Waals surface area contributed by atoms with E-state index in [9.17, 15) is 0 Å². The maximum Gasteiger partial charge on any atom is 0.193 e. The fraction of sp³-hybridized carbons (Fsp3) is 0.444. The first-order chi connectivity index (χ1) is 11.1. The van der Waals surface area contributed by atoms with Crippen LogP contribution < -0.4 is 5.32 Å². The fourth-order valence-corrected chi connectivity index (χ4v) is 2.98. The van der Waals surface area contributed by atoms with E-state index in [1.54, 1.807) is 0 Å². The molecule has 0 spiro atoms. The van der Waals surface area contributed by atoms with Gasteiger partial charge in [-0.25, -0.2) is 4.68 Å². The van der Waals surface area contributed by atoms with Crippen LogP contribution in [0.15, 0.2) is 47.6 Å². The standard InChI is InChI=1S/C18H25N5.HI/c1-18(2)10-12-22(14-18)17(19-3)20-13-15-9-11-23(21-15)16-7-5-4-6-8-16;/h4-9,11H,10,12-14H2,1-3H3,(H,19,20);1H. The van der Waals surface area contributed by atoms with E-state index in [0.717, 1.165) is 30.4 Å². The van der Waals surface area contributed by atoms with Crippen molar-refractivity contribution in [3.8, 4) is 5.69 Å². The zero-order valence-electron chi connectivity index (χ0n) is 14.6. The van der Waals surface area contributed by atoms with Gasteiger partial charge in [-0.1, -0.05) is 32.0 Å². The molecule has 6 heteroatoms. The Labute approximate surface area is 161 Å². The summed E-state index contributed by atoms with van der Waals surface area (Å²) in [6, 6.07) is 12.2. The Hall–Kier alpha value is -1.57. The lowest BCUT2D eigenvalue weighted by atomic mass is 9.93. The smallest absolute Gasteiger partial charge is 0.193 e. The summed E-state index contributed by atoms with van der Waals surface area (Å²) >= 11 is 0. The van der Waals surface area contributed by atoms with Gasteiger partial charge in [-0.05, 0) is 30.0 Å². The number of rotatable bonds is 3. The largest absolute Gasteiger partial charge is 0.351 e. The molecule has 3 rings (SSSR count). The second kappa shape index (κ2) is 8.00. The van der Waals surface area contributed by atoms with Crippen molar-refractivity contribution in [2.24, 2.45) is 10.4 Å². The molecular weight excluding hydrogens is 413 g/mol. The molecule has 0 bridgehead atoms. The summed E-state index contributed by atoms with van der Waals surface area (Å²) in [6.07, 6.45) is 3.20. The van der Waals surface area contributed by atoms with Crippen molar-refractivity contribution in [2.75, 3.05) is 20.1 Å². The van der Waals surface area contributed by atoms with Crippen LogP contribution in [0, 0.1) is 5.41 Å². The third kappa shape index (κ3) is 4.49. The van der Waals surface area contributed by atoms with Gasteiger partial charge >= 0.3 is 0 Å². The van der Waals surface area contributed by atoms with Crippen molar-refractivity contribution >= 4 is 29.9 Å². The Morgan fingerprint density at radius 3 is 2.62 bits per heavy atom. The molecule has 1 aromatic carbocycles. The highest BCUT2D eigenvalue weighted by atomic mass is 127. The van der Waals surface area contributed by atoms with Crippen LogP contribution in [-0.4, -0.2) is 40.8 Å². The minimum absolute atomic E-state index is 0. The predicted octanol–water partition coefficient (Wildman–Crippen LogP) is 3.30. The van der Waals surface area contributed by atoms with Gasteiger partial charge in [0, 0.05) is 26.3 Å². The molecule has 0 radical (unpaired) electrons. The highest BCUT2D eigenvalue weighted by Gasteiger charge is 2.30. The molecule has 0 amide bonds. The number of benzene rings is 1. The number of halogens is 1. The number of guanidine groups is 1. The molecule has 2 heterocycles. The minimum Gasteiger partial charge on any atom is -0.351 e. The molecule has 1 N–H and O–H groups in total. The van der Waals surface area contributed by atoms with Crippen LogP contribution >= 0.6 is 24.0 Å². The van der Waals surface area contributed by atoms with E-state index in [-0.39, 0.29) is 24.0 Å². The average Bonchev–Trinajstić information content (AvgIpc) is 3.16. The van der Waals surface area contributed by atoms with Gasteiger partial charge < -0.3 is 10.2 Å². The second-order valence-electron chi connectivity index (χ2n) is 6.82. The van der Waals surface area contributed by atoms with E-state index in [1.807, 2.05) is 42.2 Å². The van der Waals surface area contributed by atoms with E-state index in [2.05, 4.69) is 46.3 Å². The van der Waals surface area contributed by atoms with Crippen molar-refractivity contribution in [2.45, 2.75) is 26.8 Å². The van der Waals surface area contributed by atoms with E-state index >= 15 is 0 Å². The Bertz CT molecular complexity index is 678. The molecule has 1 aromatic heterocycles. The molecule has 1 saturated heterocycles. The maximum absolute atomic E-state index is 4.62. The third-order valence-electron chi connectivity index (χ3n) is 4.28. The first-order valence-electron chi connectivity index (χ1n) is 8.13. The van der Waals surface area contributed by atoms with Gasteiger partial charge in [0.05, 0.1) is 17.9 Å². The molecule has 24 heavy (non-hydrogen) atoms. The van der Waals surface area contributed by atoms with Gasteiger partial charge in [0.1, 0.15) is 0 Å². The normalized spacial score (nSPS) is 16.8. The molecule has 0 unspecified atom stereocenters. The van der Waals surface area contributed by atoms with Crippen molar-refractivity contribution in [1.29, 1.82) is 0 Å². The number of nitrogens with zero attached hydrogens (tertiary/aromatic N) is 4. The number of likely N-dealkylation sites (tertiary alicyclic amines) is 1. The number of aliphatic imine (C=N–C) groups is 1. The number of hydrogen-bond acceptors (Lipinski definition) is 2. The van der Waals surface area contributed by atoms with Crippen molar-refractivity contribution in [1.82, 2.24) is 20.0 Å². The molecule has 1 aliphatic rings. The zero-order valence-corrected chi connectivity index (χ0v) is 16.9. The summed E-state index contributed by atoms with van der Waals surface area (Å²) in [4.78, 5) is 6.74. The average molecular weight is 439 g/mol. The molecule has 1 fully saturated rings. The lowest BCUT2D eigenvalue weighted by Crippen LogP contribution is -2.40. The minimum atomic E-state index is 0. The van der Waals surface area contributed by atoms with Gasteiger partial charge in [0.2, 0.25) is 0 Å². The van der Waals surface area contributed by atoms with Crippen LogP contribution in [0.3, 0.4) is 0 Å². The van der Waals surface area contributed by atoms with Gasteiger partial charge in [-0.15, -0.1) is 24.0 Å². The number of hydrogen-bond donors (Lipinski definition) is 1. The summed E-state index contributed by atoms with van der Waals surface area (Å²) in [6.45, 7) is 7.41. The van der Waals surface area contributed by atoms with Gasteiger partial charge in [-0.2, -0.15) is 5.10 Å². The Morgan fingerprint density at radius 1 is 1.25 bits per heavy atom. The molecule has 5 nitrogen and oxygen atoms in total. The Balaban J connectivity index is 0.00000208. The molecule has 130 valence electrons. The summed E-state index contributed by atoms with van der Waals surface area (Å²) in [5.74, 6) is 0.963. The van der Waals surface area contributed by atoms with Crippen molar-refractivity contribution in [3.63, 3.8) is 0 Å². The highest BCUT2D eigenvalue weighted by Crippen LogP contribution is 2.28. The highest BCUT2D eigenvalue weighted by molar-refractivity contribution is 14.0. The third-order valence-corrected chi connectivity index (χ3v) is 4.28. The Morgan fingerprint density at radius 2 is 2.00 bits per heavy atom. The summed E-state index contributed by atoms with van der Waals surface area (Å²) in [5.41, 5.74) is 2.45. The molecule has 2 aromatic rings. The quantitative estimate of drug-likeness (QED) is 0.454. The number of aromatic nitrogens is 2. The predicted molar refractivity (Wildman–Crippen MR) is 109 cm³/mol. The van der Waals surface area contributed by atoms with Crippen molar-refractivity contribution < 1.29 is 0 Å². The lowest BCUT2D eigenvalue weighted by molar-refractivity contribution is 0.370. The second-order valence-corrected chi connectivity index (χ2v) is 6.82. The van der Waals surface area contributed by atoms with Crippen LogP contribution in [0.5, 0.6) is 0 Å². The molecular formula is C18H26IN5. The van der Waals surface area contributed by atoms with Crippen LogP contribution in [0.1, 0.15) is 26.0 Å². The van der Waals surface area contributed by atoms with E-state index in [0.29, 0.717) is 12.0 Å². The number of para-hydroxylation sites is 1. The zero-order chi connectivity index (χ0) is 16.3. The molecule has 0 saturated carbocycles. The van der Waals surface area contributed by atoms with Crippen LogP contribution in [0.2, 0.25) is 0 Å². The van der Waals surface area contributed by atoms with Gasteiger partial charge in [0.15, 0.2) is 5.96 Å². The van der Waals surface area contributed by atoms with Gasteiger partial charge in [-0.3, -0.25) is 4.99 Å². The van der Waals surface area contributed by atoms with Gasteiger partial charge in [0.25, 0.3) is 0 Å². The maximum atomic E-state index is 4.62. The first kappa shape index (κ1) is 18.8. The molecule has 1 aliphatic heterocycles.